The molecule has 0 unspecified atom stereocenters. The maximum Gasteiger partial charge on any atom is 0.291 e. The zero-order valence-electron chi connectivity index (χ0n) is 14.8. The van der Waals surface area contributed by atoms with E-state index in [9.17, 15) is 9.59 Å². The summed E-state index contributed by atoms with van der Waals surface area (Å²) >= 11 is 0. The summed E-state index contributed by atoms with van der Waals surface area (Å²) < 4.78 is 5.06. The van der Waals surface area contributed by atoms with Crippen molar-refractivity contribution in [3.05, 3.63) is 89.4 Å². The number of hydrogen-bond donors (Lipinski definition) is 2. The van der Waals surface area contributed by atoms with Gasteiger partial charge in [0.05, 0.1) is 23.7 Å². The largest absolute Gasteiger partial charge is 0.459 e. The Morgan fingerprint density at radius 1 is 1.00 bits per heavy atom. The zero-order chi connectivity index (χ0) is 19.1. The number of hydrazone groups is 1. The Morgan fingerprint density at radius 3 is 2.48 bits per heavy atom. The van der Waals surface area contributed by atoms with E-state index in [1.54, 1.807) is 42.6 Å². The number of rotatable bonds is 6. The summed E-state index contributed by atoms with van der Waals surface area (Å²) in [7, 11) is 0. The van der Waals surface area contributed by atoms with Crippen LogP contribution < -0.4 is 10.7 Å². The van der Waals surface area contributed by atoms with Gasteiger partial charge in [0.2, 0.25) is 0 Å². The molecule has 0 saturated carbocycles. The molecule has 1 heterocycles. The lowest BCUT2D eigenvalue weighted by atomic mass is 10.1. The number of para-hydroxylation sites is 1. The smallest absolute Gasteiger partial charge is 0.291 e. The standard InChI is InChI=1S/C21H19N3O3/c1-2-15-9-11-16(12-10-15)14-22-24-20(25)17-6-3-4-7-18(17)23-21(26)19-8-5-13-27-19/h3-14H,2H2,1H3,(H,23,26)(H,24,25)/b22-14-. The first kappa shape index (κ1) is 18.1. The molecule has 0 spiro atoms. The Bertz CT molecular complexity index is 945. The maximum absolute atomic E-state index is 12.4. The van der Waals surface area contributed by atoms with Crippen LogP contribution in [0.3, 0.4) is 0 Å². The van der Waals surface area contributed by atoms with Crippen molar-refractivity contribution >= 4 is 23.7 Å². The number of hydrogen-bond acceptors (Lipinski definition) is 4. The van der Waals surface area contributed by atoms with Gasteiger partial charge < -0.3 is 9.73 Å². The lowest BCUT2D eigenvalue weighted by Crippen LogP contribution is -2.21. The molecule has 1 aromatic heterocycles. The van der Waals surface area contributed by atoms with Crippen LogP contribution in [0, 0.1) is 0 Å². The van der Waals surface area contributed by atoms with E-state index in [2.05, 4.69) is 22.8 Å². The van der Waals surface area contributed by atoms with Crippen LogP contribution in [0.4, 0.5) is 5.69 Å². The van der Waals surface area contributed by atoms with Gasteiger partial charge in [0.25, 0.3) is 11.8 Å². The summed E-state index contributed by atoms with van der Waals surface area (Å²) in [6.45, 7) is 2.09. The van der Waals surface area contributed by atoms with Crippen LogP contribution in [0.15, 0.2) is 76.4 Å². The monoisotopic (exact) mass is 361 g/mol. The summed E-state index contributed by atoms with van der Waals surface area (Å²) in [5.41, 5.74) is 5.27. The Labute approximate surface area is 156 Å². The fourth-order valence-electron chi connectivity index (χ4n) is 2.45. The molecule has 0 aliphatic heterocycles. The maximum atomic E-state index is 12.4. The van der Waals surface area contributed by atoms with Gasteiger partial charge in [-0.3, -0.25) is 9.59 Å². The van der Waals surface area contributed by atoms with Gasteiger partial charge in [-0.25, -0.2) is 5.43 Å². The van der Waals surface area contributed by atoms with Crippen molar-refractivity contribution in [1.29, 1.82) is 0 Å². The molecule has 0 fully saturated rings. The number of nitrogens with zero attached hydrogens (tertiary/aromatic N) is 1. The first-order valence-electron chi connectivity index (χ1n) is 8.53. The lowest BCUT2D eigenvalue weighted by Gasteiger charge is -2.08. The Kier molecular flexibility index (Phi) is 5.79. The fourth-order valence-corrected chi connectivity index (χ4v) is 2.45. The molecule has 3 aromatic rings. The zero-order valence-corrected chi connectivity index (χ0v) is 14.8. The first-order valence-corrected chi connectivity index (χ1v) is 8.53. The van der Waals surface area contributed by atoms with Gasteiger partial charge in [-0.2, -0.15) is 5.10 Å². The second kappa shape index (κ2) is 8.62. The molecule has 0 radical (unpaired) electrons. The first-order chi connectivity index (χ1) is 13.2. The topological polar surface area (TPSA) is 83.7 Å². The van der Waals surface area contributed by atoms with Gasteiger partial charge in [-0.15, -0.1) is 0 Å². The number of anilines is 1. The van der Waals surface area contributed by atoms with Crippen molar-refractivity contribution in [1.82, 2.24) is 5.43 Å². The molecule has 6 nitrogen and oxygen atoms in total. The van der Waals surface area contributed by atoms with Crippen LogP contribution in [-0.2, 0) is 6.42 Å². The number of carbonyl (C=O) groups excluding carboxylic acids is 2. The molecule has 2 amide bonds. The predicted molar refractivity (Wildman–Crippen MR) is 104 cm³/mol. The summed E-state index contributed by atoms with van der Waals surface area (Å²) in [5, 5.41) is 6.66. The van der Waals surface area contributed by atoms with Crippen LogP contribution in [0.2, 0.25) is 0 Å². The number of nitrogens with one attached hydrogen (secondary N) is 2. The van der Waals surface area contributed by atoms with Crippen molar-refractivity contribution in [3.63, 3.8) is 0 Å². The number of aryl methyl sites for hydroxylation is 1. The van der Waals surface area contributed by atoms with Crippen molar-refractivity contribution < 1.29 is 14.0 Å². The highest BCUT2D eigenvalue weighted by atomic mass is 16.3. The summed E-state index contributed by atoms with van der Waals surface area (Å²) in [6.07, 6.45) is 3.95. The normalized spacial score (nSPS) is 10.7. The SMILES string of the molecule is CCc1ccc(/C=N\NC(=O)c2ccccc2NC(=O)c2ccco2)cc1. The van der Waals surface area contributed by atoms with Crippen molar-refractivity contribution in [3.8, 4) is 0 Å². The second-order valence-electron chi connectivity index (χ2n) is 5.77. The molecule has 0 aliphatic rings. The minimum atomic E-state index is -0.431. The van der Waals surface area contributed by atoms with Gasteiger partial charge in [-0.05, 0) is 41.8 Å². The van der Waals surface area contributed by atoms with E-state index in [0.29, 0.717) is 11.3 Å². The van der Waals surface area contributed by atoms with Crippen molar-refractivity contribution in [2.75, 3.05) is 5.32 Å². The van der Waals surface area contributed by atoms with Gasteiger partial charge in [0.15, 0.2) is 5.76 Å². The highest BCUT2D eigenvalue weighted by Gasteiger charge is 2.14. The minimum absolute atomic E-state index is 0.166. The van der Waals surface area contributed by atoms with E-state index < -0.39 is 11.8 Å². The van der Waals surface area contributed by atoms with Crippen LogP contribution in [0.1, 0.15) is 39.0 Å². The van der Waals surface area contributed by atoms with Gasteiger partial charge in [0, 0.05) is 0 Å². The van der Waals surface area contributed by atoms with E-state index >= 15 is 0 Å². The molecule has 136 valence electrons. The molecule has 0 saturated heterocycles. The summed E-state index contributed by atoms with van der Waals surface area (Å²) in [4.78, 5) is 24.6. The minimum Gasteiger partial charge on any atom is -0.459 e. The van der Waals surface area contributed by atoms with Crippen LogP contribution >= 0.6 is 0 Å². The van der Waals surface area contributed by atoms with Crippen molar-refractivity contribution in [2.24, 2.45) is 5.10 Å². The predicted octanol–water partition coefficient (Wildman–Crippen LogP) is 3.86. The molecule has 2 N–H and O–H groups in total. The Hall–Kier alpha value is -3.67. The molecule has 0 bridgehead atoms. The second-order valence-corrected chi connectivity index (χ2v) is 5.77. The Morgan fingerprint density at radius 2 is 1.78 bits per heavy atom. The van der Waals surface area contributed by atoms with Crippen LogP contribution in [0.5, 0.6) is 0 Å². The highest BCUT2D eigenvalue weighted by Crippen LogP contribution is 2.16. The molecule has 27 heavy (non-hydrogen) atoms. The van der Waals surface area contributed by atoms with Crippen LogP contribution in [-0.4, -0.2) is 18.0 Å². The fraction of sp³-hybridized carbons (Fsp3) is 0.0952. The van der Waals surface area contributed by atoms with Crippen LogP contribution in [0.25, 0.3) is 0 Å². The van der Waals surface area contributed by atoms with Gasteiger partial charge >= 0.3 is 0 Å². The van der Waals surface area contributed by atoms with E-state index in [1.807, 2.05) is 24.3 Å². The number of furan rings is 1. The van der Waals surface area contributed by atoms with E-state index in [1.165, 1.54) is 11.8 Å². The summed E-state index contributed by atoms with van der Waals surface area (Å²) in [6, 6.07) is 17.8. The average Bonchev–Trinajstić information content (AvgIpc) is 3.24. The van der Waals surface area contributed by atoms with Crippen molar-refractivity contribution in [2.45, 2.75) is 13.3 Å². The molecule has 6 heteroatoms. The summed E-state index contributed by atoms with van der Waals surface area (Å²) in [5.74, 6) is -0.690. The van der Waals surface area contributed by atoms with E-state index in [4.69, 9.17) is 4.42 Å². The molecule has 0 atom stereocenters. The third-order valence-electron chi connectivity index (χ3n) is 3.93. The third kappa shape index (κ3) is 4.70. The average molecular weight is 361 g/mol. The molecule has 3 rings (SSSR count). The molecular weight excluding hydrogens is 342 g/mol. The van der Waals surface area contributed by atoms with E-state index in [-0.39, 0.29) is 5.76 Å². The molecule has 2 aromatic carbocycles. The molecule has 0 aliphatic carbocycles. The third-order valence-corrected chi connectivity index (χ3v) is 3.93. The van der Waals surface area contributed by atoms with Gasteiger partial charge in [0.1, 0.15) is 0 Å². The quantitative estimate of drug-likeness (QED) is 0.516. The lowest BCUT2D eigenvalue weighted by molar-refractivity contribution is 0.0956. The number of carbonyl (C=O) groups is 2. The number of benzene rings is 2. The highest BCUT2D eigenvalue weighted by molar-refractivity contribution is 6.07. The Balaban J connectivity index is 1.67. The number of amides is 2. The van der Waals surface area contributed by atoms with Gasteiger partial charge in [-0.1, -0.05) is 43.3 Å². The van der Waals surface area contributed by atoms with E-state index in [0.717, 1.165) is 12.0 Å². The molecular formula is C21H19N3O3.